The lowest BCUT2D eigenvalue weighted by Gasteiger charge is -2.23. The molecule has 6 nitrogen and oxygen atoms in total. The summed E-state index contributed by atoms with van der Waals surface area (Å²) in [5, 5.41) is 17.4. The Bertz CT molecular complexity index is 1040. The zero-order valence-electron chi connectivity index (χ0n) is 14.4. The number of fused-ring (bicyclic) bond motifs is 1. The summed E-state index contributed by atoms with van der Waals surface area (Å²) in [7, 11) is 0. The molecule has 2 heterocycles. The van der Waals surface area contributed by atoms with Crippen LogP contribution in [0.1, 0.15) is 34.0 Å². The molecule has 1 atom stereocenters. The summed E-state index contributed by atoms with van der Waals surface area (Å²) in [5.41, 5.74) is 2.57. The molecule has 4 rings (SSSR count). The summed E-state index contributed by atoms with van der Waals surface area (Å²) in [6, 6.07) is 13.1. The van der Waals surface area contributed by atoms with E-state index in [0.717, 1.165) is 5.69 Å². The molecule has 0 spiro atoms. The van der Waals surface area contributed by atoms with Crippen LogP contribution in [-0.4, -0.2) is 26.6 Å². The molecule has 27 heavy (non-hydrogen) atoms. The number of carbonyl (C=O) groups is 2. The Morgan fingerprint density at radius 3 is 2.52 bits per heavy atom. The minimum Gasteiger partial charge on any atom is -0.508 e. The second-order valence-corrected chi connectivity index (χ2v) is 6.89. The van der Waals surface area contributed by atoms with E-state index in [9.17, 15) is 14.7 Å². The van der Waals surface area contributed by atoms with Gasteiger partial charge in [-0.25, -0.2) is 4.68 Å². The maximum atomic E-state index is 13.0. The number of anilines is 1. The summed E-state index contributed by atoms with van der Waals surface area (Å²) in [5.74, 6) is -0.456. The quantitative estimate of drug-likeness (QED) is 0.675. The highest BCUT2D eigenvalue weighted by Gasteiger charge is 2.36. The van der Waals surface area contributed by atoms with Crippen LogP contribution >= 0.6 is 11.6 Å². The van der Waals surface area contributed by atoms with Crippen molar-refractivity contribution in [3.8, 4) is 11.4 Å². The van der Waals surface area contributed by atoms with Crippen LogP contribution in [0.15, 0.2) is 48.5 Å². The Labute approximate surface area is 160 Å². The Hall–Kier alpha value is -3.12. The van der Waals surface area contributed by atoms with Gasteiger partial charge in [0.2, 0.25) is 5.91 Å². The molecule has 0 radical (unpaired) electrons. The zero-order valence-corrected chi connectivity index (χ0v) is 15.2. The number of nitrogens with one attached hydrogen (secondary N) is 1. The number of amides is 1. The summed E-state index contributed by atoms with van der Waals surface area (Å²) in [6.07, 6.45) is 0.0554. The summed E-state index contributed by atoms with van der Waals surface area (Å²) in [6.45, 7) is 1.82. The second kappa shape index (κ2) is 6.55. The van der Waals surface area contributed by atoms with Crippen molar-refractivity contribution in [1.82, 2.24) is 9.78 Å². The van der Waals surface area contributed by atoms with Crippen molar-refractivity contribution in [3.05, 3.63) is 70.4 Å². The van der Waals surface area contributed by atoms with E-state index in [0.29, 0.717) is 27.7 Å². The molecular weight excluding hydrogens is 366 g/mol. The molecule has 1 amide bonds. The largest absolute Gasteiger partial charge is 0.508 e. The van der Waals surface area contributed by atoms with Crippen molar-refractivity contribution in [3.63, 3.8) is 0 Å². The number of Topliss-reactive ketones (excluding diaryl/α,β-unsaturated/α-hetero) is 1. The van der Waals surface area contributed by atoms with Crippen LogP contribution in [0.5, 0.6) is 5.75 Å². The standard InChI is InChI=1S/C20H16ClN3O3/c1-11-18-16(19(27)12-2-8-15(25)9-3-12)10-17(26)22-20(18)24(23-11)14-6-4-13(21)5-7-14/h2-9,16,25H,10H2,1H3,(H,22,26). The van der Waals surface area contributed by atoms with E-state index in [2.05, 4.69) is 10.4 Å². The molecule has 0 saturated heterocycles. The number of phenolic OH excluding ortho intramolecular Hbond substituents is 1. The van der Waals surface area contributed by atoms with Gasteiger partial charge in [0.25, 0.3) is 0 Å². The van der Waals surface area contributed by atoms with Gasteiger partial charge in [-0.1, -0.05) is 11.6 Å². The third-order valence-electron chi connectivity index (χ3n) is 4.64. The van der Waals surface area contributed by atoms with Crippen molar-refractivity contribution in [1.29, 1.82) is 0 Å². The number of rotatable bonds is 3. The smallest absolute Gasteiger partial charge is 0.226 e. The Kier molecular flexibility index (Phi) is 4.20. The van der Waals surface area contributed by atoms with Crippen molar-refractivity contribution in [2.24, 2.45) is 0 Å². The molecule has 2 aromatic carbocycles. The number of ketones is 1. The van der Waals surface area contributed by atoms with Gasteiger partial charge in [-0.05, 0) is 55.5 Å². The molecule has 0 bridgehead atoms. The van der Waals surface area contributed by atoms with Gasteiger partial charge in [0.05, 0.1) is 17.3 Å². The number of halogens is 1. The first-order valence-electron chi connectivity index (χ1n) is 8.42. The molecule has 2 N–H and O–H groups in total. The lowest BCUT2D eigenvalue weighted by Crippen LogP contribution is -2.28. The van der Waals surface area contributed by atoms with Crippen LogP contribution in [0.4, 0.5) is 5.82 Å². The molecule has 3 aromatic rings. The van der Waals surface area contributed by atoms with E-state index in [1.807, 2.05) is 6.92 Å². The van der Waals surface area contributed by atoms with E-state index < -0.39 is 5.92 Å². The first-order chi connectivity index (χ1) is 12.9. The molecule has 1 aliphatic rings. The topological polar surface area (TPSA) is 84.2 Å². The molecule has 0 saturated carbocycles. The number of aromatic hydroxyl groups is 1. The fourth-order valence-electron chi connectivity index (χ4n) is 3.37. The van der Waals surface area contributed by atoms with Crippen molar-refractivity contribution in [2.45, 2.75) is 19.3 Å². The first-order valence-corrected chi connectivity index (χ1v) is 8.80. The number of aryl methyl sites for hydroxylation is 1. The van der Waals surface area contributed by atoms with Crippen LogP contribution in [0.2, 0.25) is 5.02 Å². The maximum absolute atomic E-state index is 13.0. The van der Waals surface area contributed by atoms with Crippen LogP contribution in [-0.2, 0) is 4.79 Å². The number of nitrogens with zero attached hydrogens (tertiary/aromatic N) is 2. The van der Waals surface area contributed by atoms with E-state index in [1.165, 1.54) is 12.1 Å². The first kappa shape index (κ1) is 17.3. The molecule has 7 heteroatoms. The summed E-state index contributed by atoms with van der Waals surface area (Å²) in [4.78, 5) is 25.4. The highest BCUT2D eigenvalue weighted by Crippen LogP contribution is 2.38. The molecule has 136 valence electrons. The van der Waals surface area contributed by atoms with E-state index in [1.54, 1.807) is 41.1 Å². The number of hydrogen-bond donors (Lipinski definition) is 2. The summed E-state index contributed by atoms with van der Waals surface area (Å²) < 4.78 is 1.62. The van der Waals surface area contributed by atoms with Gasteiger partial charge in [0.15, 0.2) is 5.78 Å². The third kappa shape index (κ3) is 3.08. The molecular formula is C20H16ClN3O3. The van der Waals surface area contributed by atoms with Gasteiger partial charge in [0.1, 0.15) is 11.6 Å². The van der Waals surface area contributed by atoms with Crippen molar-refractivity contribution in [2.75, 3.05) is 5.32 Å². The Morgan fingerprint density at radius 2 is 1.85 bits per heavy atom. The van der Waals surface area contributed by atoms with Crippen LogP contribution in [0.25, 0.3) is 5.69 Å². The minimum atomic E-state index is -0.626. The van der Waals surface area contributed by atoms with Crippen LogP contribution in [0, 0.1) is 6.92 Å². The van der Waals surface area contributed by atoms with E-state index in [-0.39, 0.29) is 23.9 Å². The Balaban J connectivity index is 1.80. The average molecular weight is 382 g/mol. The normalized spacial score (nSPS) is 15.9. The predicted molar refractivity (Wildman–Crippen MR) is 102 cm³/mol. The molecule has 1 aromatic heterocycles. The molecule has 1 aliphatic heterocycles. The summed E-state index contributed by atoms with van der Waals surface area (Å²) >= 11 is 5.95. The zero-order chi connectivity index (χ0) is 19.1. The highest BCUT2D eigenvalue weighted by atomic mass is 35.5. The molecule has 1 unspecified atom stereocenters. The van der Waals surface area contributed by atoms with Crippen molar-refractivity contribution < 1.29 is 14.7 Å². The third-order valence-corrected chi connectivity index (χ3v) is 4.89. The van der Waals surface area contributed by atoms with Gasteiger partial charge in [-0.2, -0.15) is 5.10 Å². The number of carbonyl (C=O) groups excluding carboxylic acids is 2. The lowest BCUT2D eigenvalue weighted by molar-refractivity contribution is -0.116. The van der Waals surface area contributed by atoms with Gasteiger partial charge in [-0.3, -0.25) is 9.59 Å². The number of phenols is 1. The molecule has 0 aliphatic carbocycles. The lowest BCUT2D eigenvalue weighted by atomic mass is 9.85. The van der Waals surface area contributed by atoms with Gasteiger partial charge in [0, 0.05) is 22.6 Å². The number of aromatic nitrogens is 2. The number of benzene rings is 2. The SMILES string of the molecule is Cc1nn(-c2ccc(Cl)cc2)c2c1C(C(=O)c1ccc(O)cc1)CC(=O)N2. The second-order valence-electron chi connectivity index (χ2n) is 6.45. The van der Waals surface area contributed by atoms with Crippen LogP contribution < -0.4 is 5.32 Å². The highest BCUT2D eigenvalue weighted by molar-refractivity contribution is 6.30. The minimum absolute atomic E-state index is 0.0554. The maximum Gasteiger partial charge on any atom is 0.226 e. The van der Waals surface area contributed by atoms with Crippen molar-refractivity contribution >= 4 is 29.1 Å². The van der Waals surface area contributed by atoms with E-state index >= 15 is 0 Å². The monoisotopic (exact) mass is 381 g/mol. The van der Waals surface area contributed by atoms with E-state index in [4.69, 9.17) is 11.6 Å². The fourth-order valence-corrected chi connectivity index (χ4v) is 3.49. The van der Waals surface area contributed by atoms with Gasteiger partial charge in [-0.15, -0.1) is 0 Å². The van der Waals surface area contributed by atoms with Gasteiger partial charge >= 0.3 is 0 Å². The fraction of sp³-hybridized carbons (Fsp3) is 0.150. The van der Waals surface area contributed by atoms with Crippen LogP contribution in [0.3, 0.4) is 0 Å². The molecule has 0 fully saturated rings. The Morgan fingerprint density at radius 1 is 1.19 bits per heavy atom. The average Bonchev–Trinajstić information content (AvgIpc) is 2.98. The van der Waals surface area contributed by atoms with Gasteiger partial charge < -0.3 is 10.4 Å². The predicted octanol–water partition coefficient (Wildman–Crippen LogP) is 3.85. The number of hydrogen-bond acceptors (Lipinski definition) is 4.